The van der Waals surface area contributed by atoms with Gasteiger partial charge < -0.3 is 4.42 Å². The molecule has 0 spiro atoms. The van der Waals surface area contributed by atoms with Crippen molar-refractivity contribution in [1.29, 1.82) is 0 Å². The summed E-state index contributed by atoms with van der Waals surface area (Å²) in [7, 11) is 0. The Hall–Kier alpha value is -3.55. The SMILES string of the molecule is O=C(CSc1nnc(-c2cccc3ccccc23)o1)N1c2ccccc2Sc2ccccc21. The minimum absolute atomic E-state index is 0.0369. The quantitative estimate of drug-likeness (QED) is 0.271. The number of fused-ring (bicyclic) bond motifs is 3. The van der Waals surface area contributed by atoms with Gasteiger partial charge in [-0.1, -0.05) is 84.2 Å². The summed E-state index contributed by atoms with van der Waals surface area (Å²) in [6.07, 6.45) is 0. The van der Waals surface area contributed by atoms with Crippen molar-refractivity contribution in [2.45, 2.75) is 15.0 Å². The molecule has 160 valence electrons. The average Bonchev–Trinajstić information content (AvgIpc) is 3.34. The van der Waals surface area contributed by atoms with Crippen LogP contribution >= 0.6 is 23.5 Å². The number of amides is 1. The summed E-state index contributed by atoms with van der Waals surface area (Å²) in [6, 6.07) is 30.0. The molecule has 1 aromatic heterocycles. The lowest BCUT2D eigenvalue weighted by molar-refractivity contribution is -0.115. The first kappa shape index (κ1) is 20.1. The molecule has 6 rings (SSSR count). The van der Waals surface area contributed by atoms with Crippen molar-refractivity contribution < 1.29 is 9.21 Å². The Morgan fingerprint density at radius 1 is 0.818 bits per heavy atom. The highest BCUT2D eigenvalue weighted by Crippen LogP contribution is 2.48. The van der Waals surface area contributed by atoms with Gasteiger partial charge in [-0.05, 0) is 41.1 Å². The minimum Gasteiger partial charge on any atom is -0.411 e. The number of benzene rings is 4. The van der Waals surface area contributed by atoms with Crippen molar-refractivity contribution >= 4 is 51.6 Å². The van der Waals surface area contributed by atoms with E-state index in [1.807, 2.05) is 78.9 Å². The van der Waals surface area contributed by atoms with Crippen LogP contribution in [0.25, 0.3) is 22.2 Å². The average molecular weight is 468 g/mol. The van der Waals surface area contributed by atoms with E-state index in [9.17, 15) is 4.79 Å². The van der Waals surface area contributed by atoms with Crippen LogP contribution in [0.4, 0.5) is 11.4 Å². The third-order valence-corrected chi connectivity index (χ3v) is 7.36. The number of rotatable bonds is 4. The number of hydrogen-bond acceptors (Lipinski definition) is 6. The molecule has 0 bridgehead atoms. The van der Waals surface area contributed by atoms with E-state index in [0.717, 1.165) is 37.5 Å². The first-order valence-corrected chi connectivity index (χ1v) is 12.2. The second-order valence-corrected chi connectivity index (χ2v) is 9.47. The van der Waals surface area contributed by atoms with Gasteiger partial charge >= 0.3 is 0 Å². The van der Waals surface area contributed by atoms with Gasteiger partial charge in [0.2, 0.25) is 11.8 Å². The number of aromatic nitrogens is 2. The molecule has 5 aromatic rings. The van der Waals surface area contributed by atoms with Crippen LogP contribution in [0.1, 0.15) is 0 Å². The van der Waals surface area contributed by atoms with Crippen LogP contribution in [-0.2, 0) is 4.79 Å². The van der Waals surface area contributed by atoms with E-state index in [0.29, 0.717) is 11.1 Å². The molecule has 0 unspecified atom stereocenters. The van der Waals surface area contributed by atoms with E-state index >= 15 is 0 Å². The van der Waals surface area contributed by atoms with Gasteiger partial charge in [0.15, 0.2) is 0 Å². The first-order chi connectivity index (χ1) is 16.3. The topological polar surface area (TPSA) is 59.2 Å². The predicted octanol–water partition coefficient (Wildman–Crippen LogP) is 6.81. The third-order valence-electron chi connectivity index (χ3n) is 5.43. The maximum absolute atomic E-state index is 13.4. The highest BCUT2D eigenvalue weighted by molar-refractivity contribution is 8.00. The van der Waals surface area contributed by atoms with E-state index in [2.05, 4.69) is 22.3 Å². The van der Waals surface area contributed by atoms with Crippen molar-refractivity contribution in [2.75, 3.05) is 10.7 Å². The Morgan fingerprint density at radius 3 is 2.27 bits per heavy atom. The Bertz CT molecular complexity index is 1450. The minimum atomic E-state index is -0.0369. The van der Waals surface area contributed by atoms with Crippen LogP contribution in [0.15, 0.2) is 110 Å². The van der Waals surface area contributed by atoms with Crippen molar-refractivity contribution in [2.24, 2.45) is 0 Å². The van der Waals surface area contributed by atoms with Crippen LogP contribution < -0.4 is 4.90 Å². The molecule has 4 aromatic carbocycles. The fraction of sp³-hybridized carbons (Fsp3) is 0.0385. The molecule has 33 heavy (non-hydrogen) atoms. The molecule has 1 amide bonds. The number of hydrogen-bond donors (Lipinski definition) is 0. The molecule has 0 saturated heterocycles. The first-order valence-electron chi connectivity index (χ1n) is 10.4. The zero-order valence-corrected chi connectivity index (χ0v) is 19.0. The van der Waals surface area contributed by atoms with E-state index in [-0.39, 0.29) is 11.7 Å². The summed E-state index contributed by atoms with van der Waals surface area (Å²) < 4.78 is 5.92. The van der Waals surface area contributed by atoms with Crippen LogP contribution in [-0.4, -0.2) is 21.9 Å². The Morgan fingerprint density at radius 2 is 1.48 bits per heavy atom. The highest BCUT2D eigenvalue weighted by atomic mass is 32.2. The second-order valence-electron chi connectivity index (χ2n) is 7.46. The lowest BCUT2D eigenvalue weighted by atomic mass is 10.0. The normalized spacial score (nSPS) is 12.4. The third kappa shape index (κ3) is 3.69. The van der Waals surface area contributed by atoms with E-state index in [1.54, 1.807) is 16.7 Å². The lowest BCUT2D eigenvalue weighted by Crippen LogP contribution is -2.29. The molecule has 0 N–H and O–H groups in total. The molecule has 0 aliphatic carbocycles. The number of anilines is 2. The largest absolute Gasteiger partial charge is 0.411 e. The molecule has 1 aliphatic rings. The van der Waals surface area contributed by atoms with E-state index in [4.69, 9.17) is 4.42 Å². The zero-order chi connectivity index (χ0) is 22.2. The fourth-order valence-electron chi connectivity index (χ4n) is 3.95. The number of carbonyl (C=O) groups excluding carboxylic acids is 1. The zero-order valence-electron chi connectivity index (χ0n) is 17.3. The summed E-state index contributed by atoms with van der Waals surface area (Å²) >= 11 is 2.93. The van der Waals surface area contributed by atoms with Gasteiger partial charge in [-0.25, -0.2) is 0 Å². The van der Waals surface area contributed by atoms with Crippen LogP contribution in [0.3, 0.4) is 0 Å². The van der Waals surface area contributed by atoms with Gasteiger partial charge in [0, 0.05) is 15.4 Å². The monoisotopic (exact) mass is 467 g/mol. The molecule has 0 fully saturated rings. The molecule has 1 aliphatic heterocycles. The van der Waals surface area contributed by atoms with Crippen molar-refractivity contribution in [1.82, 2.24) is 10.2 Å². The molecule has 0 radical (unpaired) electrons. The van der Waals surface area contributed by atoms with Gasteiger partial charge in [0.05, 0.1) is 17.1 Å². The number of nitrogens with zero attached hydrogens (tertiary/aromatic N) is 3. The van der Waals surface area contributed by atoms with E-state index < -0.39 is 0 Å². The Balaban J connectivity index is 1.25. The van der Waals surface area contributed by atoms with Crippen LogP contribution in [0.5, 0.6) is 0 Å². The van der Waals surface area contributed by atoms with Gasteiger partial charge in [-0.2, -0.15) is 0 Å². The Kier molecular flexibility index (Phi) is 5.13. The van der Waals surface area contributed by atoms with Crippen molar-refractivity contribution in [3.63, 3.8) is 0 Å². The summed E-state index contributed by atoms with van der Waals surface area (Å²) in [5.41, 5.74) is 2.68. The van der Waals surface area contributed by atoms with Crippen LogP contribution in [0.2, 0.25) is 0 Å². The summed E-state index contributed by atoms with van der Waals surface area (Å²) in [6.45, 7) is 0. The van der Waals surface area contributed by atoms with Crippen LogP contribution in [0, 0.1) is 0 Å². The highest BCUT2D eigenvalue weighted by Gasteiger charge is 2.28. The molecular weight excluding hydrogens is 450 g/mol. The predicted molar refractivity (Wildman–Crippen MR) is 132 cm³/mol. The number of para-hydroxylation sites is 2. The molecule has 5 nitrogen and oxygen atoms in total. The molecule has 2 heterocycles. The number of carbonyl (C=O) groups is 1. The van der Waals surface area contributed by atoms with Crippen molar-refractivity contribution in [3.8, 4) is 11.5 Å². The number of thioether (sulfide) groups is 1. The molecule has 0 atom stereocenters. The molecule has 7 heteroatoms. The van der Waals surface area contributed by atoms with Gasteiger partial charge in [0.25, 0.3) is 5.22 Å². The lowest BCUT2D eigenvalue weighted by Gasteiger charge is -2.30. The molecule has 0 saturated carbocycles. The smallest absolute Gasteiger partial charge is 0.277 e. The molecular formula is C26H17N3O2S2. The van der Waals surface area contributed by atoms with Gasteiger partial charge in [-0.15, -0.1) is 10.2 Å². The summed E-state index contributed by atoms with van der Waals surface area (Å²) in [5.74, 6) is 0.599. The Labute approximate surface area is 198 Å². The van der Waals surface area contributed by atoms with Gasteiger partial charge in [0.1, 0.15) is 0 Å². The summed E-state index contributed by atoms with van der Waals surface area (Å²) in [4.78, 5) is 17.3. The maximum atomic E-state index is 13.4. The maximum Gasteiger partial charge on any atom is 0.277 e. The van der Waals surface area contributed by atoms with Crippen molar-refractivity contribution in [3.05, 3.63) is 91.0 Å². The fourth-order valence-corrected chi connectivity index (χ4v) is 5.62. The second kappa shape index (κ2) is 8.42. The summed E-state index contributed by atoms with van der Waals surface area (Å²) in [5, 5.41) is 10.9. The standard InChI is InChI=1S/C26H17N3O2S2/c30-24(29-20-12-3-5-14-22(20)33-23-15-6-4-13-21(23)29)16-32-26-28-27-25(31-26)19-11-7-9-17-8-1-2-10-18(17)19/h1-15H,16H2. The van der Waals surface area contributed by atoms with Gasteiger partial charge in [-0.3, -0.25) is 9.69 Å². The van der Waals surface area contributed by atoms with E-state index in [1.165, 1.54) is 11.8 Å².